The predicted molar refractivity (Wildman–Crippen MR) is 68.5 cm³/mol. The molecule has 2 rings (SSSR count). The van der Waals surface area contributed by atoms with E-state index in [0.717, 1.165) is 16.8 Å². The molecule has 4 heteroatoms. The fraction of sp³-hybridized carbons (Fsp3) is 0.231. The summed E-state index contributed by atoms with van der Waals surface area (Å²) in [6, 6.07) is 6.19. The van der Waals surface area contributed by atoms with Gasteiger partial charge in [-0.3, -0.25) is 0 Å². The number of halogens is 1. The van der Waals surface area contributed by atoms with Crippen molar-refractivity contribution in [3.05, 3.63) is 40.8 Å². The number of hydrogen-bond donors (Lipinski definition) is 0. The maximum Gasteiger partial charge on any atom is 0.182 e. The second kappa shape index (κ2) is 4.72. The minimum atomic E-state index is 0.332. The fourth-order valence-electron chi connectivity index (χ4n) is 1.72. The molecule has 0 amide bonds. The van der Waals surface area contributed by atoms with Crippen molar-refractivity contribution in [1.29, 1.82) is 0 Å². The Morgan fingerprint density at radius 3 is 2.65 bits per heavy atom. The first-order valence-corrected chi connectivity index (χ1v) is 5.63. The molecule has 17 heavy (non-hydrogen) atoms. The lowest BCUT2D eigenvalue weighted by Gasteiger charge is -2.11. The summed E-state index contributed by atoms with van der Waals surface area (Å²) < 4.78 is 5.27. The van der Waals surface area contributed by atoms with Crippen molar-refractivity contribution in [2.45, 2.75) is 13.8 Å². The Balaban J connectivity index is 2.68. The first kappa shape index (κ1) is 11.9. The largest absolute Gasteiger partial charge is 0.491 e. The van der Waals surface area contributed by atoms with Crippen molar-refractivity contribution in [3.63, 3.8) is 0 Å². The Morgan fingerprint density at radius 1 is 1.18 bits per heavy atom. The maximum absolute atomic E-state index is 6.00. The van der Waals surface area contributed by atoms with Crippen molar-refractivity contribution in [2.24, 2.45) is 0 Å². The fourth-order valence-corrected chi connectivity index (χ4v) is 1.93. The van der Waals surface area contributed by atoms with Gasteiger partial charge in [-0.25, -0.2) is 9.97 Å². The second-order valence-corrected chi connectivity index (χ2v) is 4.22. The third-order valence-electron chi connectivity index (χ3n) is 2.61. The number of nitrogens with zero attached hydrogens (tertiary/aromatic N) is 2. The van der Waals surface area contributed by atoms with Gasteiger partial charge < -0.3 is 4.74 Å². The van der Waals surface area contributed by atoms with Gasteiger partial charge in [0.05, 0.1) is 7.11 Å². The van der Waals surface area contributed by atoms with E-state index >= 15 is 0 Å². The molecule has 0 spiro atoms. The highest BCUT2D eigenvalue weighted by Crippen LogP contribution is 2.34. The van der Waals surface area contributed by atoms with Crippen molar-refractivity contribution < 1.29 is 4.74 Å². The second-order valence-electron chi connectivity index (χ2n) is 3.86. The monoisotopic (exact) mass is 248 g/mol. The topological polar surface area (TPSA) is 35.0 Å². The lowest BCUT2D eigenvalue weighted by atomic mass is 10.0. The van der Waals surface area contributed by atoms with Gasteiger partial charge >= 0.3 is 0 Å². The van der Waals surface area contributed by atoms with Crippen molar-refractivity contribution in [3.8, 4) is 17.0 Å². The molecule has 3 nitrogen and oxygen atoms in total. The normalized spacial score (nSPS) is 10.4. The van der Waals surface area contributed by atoms with E-state index < -0.39 is 0 Å². The van der Waals surface area contributed by atoms with Crippen LogP contribution in [0.3, 0.4) is 0 Å². The molecule has 1 heterocycles. The zero-order valence-corrected chi connectivity index (χ0v) is 10.7. The van der Waals surface area contributed by atoms with Gasteiger partial charge in [-0.05, 0) is 25.5 Å². The van der Waals surface area contributed by atoms with Crippen LogP contribution in [0.15, 0.2) is 24.5 Å². The summed E-state index contributed by atoms with van der Waals surface area (Å²) in [5.74, 6) is 0.517. The zero-order chi connectivity index (χ0) is 12.4. The highest BCUT2D eigenvalue weighted by molar-refractivity contribution is 6.31. The number of rotatable bonds is 2. The van der Waals surface area contributed by atoms with Gasteiger partial charge in [-0.15, -0.1) is 0 Å². The van der Waals surface area contributed by atoms with Crippen LogP contribution < -0.4 is 4.74 Å². The maximum atomic E-state index is 6.00. The third-order valence-corrected chi connectivity index (χ3v) is 2.88. The summed E-state index contributed by atoms with van der Waals surface area (Å²) in [7, 11) is 1.57. The zero-order valence-electron chi connectivity index (χ0n) is 9.99. The van der Waals surface area contributed by atoms with Crippen LogP contribution in [0.1, 0.15) is 11.1 Å². The molecule has 0 aliphatic rings. The van der Waals surface area contributed by atoms with E-state index in [0.29, 0.717) is 10.9 Å². The smallest absolute Gasteiger partial charge is 0.182 e. The van der Waals surface area contributed by atoms with Gasteiger partial charge in [0.2, 0.25) is 0 Å². The molecule has 2 aromatic rings. The van der Waals surface area contributed by atoms with Gasteiger partial charge in [0, 0.05) is 5.56 Å². The van der Waals surface area contributed by atoms with Crippen molar-refractivity contribution in [1.82, 2.24) is 9.97 Å². The van der Waals surface area contributed by atoms with Crippen LogP contribution in [0.25, 0.3) is 11.3 Å². The summed E-state index contributed by atoms with van der Waals surface area (Å²) in [5.41, 5.74) is 4.05. The summed E-state index contributed by atoms with van der Waals surface area (Å²) in [6.45, 7) is 4.07. The molecule has 0 saturated heterocycles. The summed E-state index contributed by atoms with van der Waals surface area (Å²) in [4.78, 5) is 8.18. The standard InChI is InChI=1S/C13H13ClN2O/c1-8-4-5-9(2)10(6-8)11-12(17-3)13(14)16-7-15-11/h4-7H,1-3H3. The summed E-state index contributed by atoms with van der Waals surface area (Å²) in [6.07, 6.45) is 1.45. The number of aromatic nitrogens is 2. The summed E-state index contributed by atoms with van der Waals surface area (Å²) >= 11 is 6.00. The molecule has 0 atom stereocenters. The Hall–Kier alpha value is -1.61. The number of hydrogen-bond acceptors (Lipinski definition) is 3. The lowest BCUT2D eigenvalue weighted by molar-refractivity contribution is 0.413. The number of ether oxygens (including phenoxy) is 1. The predicted octanol–water partition coefficient (Wildman–Crippen LogP) is 3.42. The van der Waals surface area contributed by atoms with Crippen LogP contribution in [-0.2, 0) is 0 Å². The molecule has 1 aromatic carbocycles. The molecule has 0 radical (unpaired) electrons. The molecule has 88 valence electrons. The molecule has 0 unspecified atom stereocenters. The Morgan fingerprint density at radius 2 is 1.94 bits per heavy atom. The molecule has 0 bridgehead atoms. The first-order valence-electron chi connectivity index (χ1n) is 5.25. The number of aryl methyl sites for hydroxylation is 2. The molecule has 0 aliphatic heterocycles. The first-order chi connectivity index (χ1) is 8.13. The third kappa shape index (κ3) is 2.24. The van der Waals surface area contributed by atoms with Gasteiger partial charge in [-0.1, -0.05) is 29.3 Å². The molecule has 0 N–H and O–H groups in total. The van der Waals surface area contributed by atoms with Crippen LogP contribution in [0, 0.1) is 13.8 Å². The van der Waals surface area contributed by atoms with Crippen LogP contribution in [0.4, 0.5) is 0 Å². The Bertz CT molecular complexity index is 555. The van der Waals surface area contributed by atoms with Crippen LogP contribution in [-0.4, -0.2) is 17.1 Å². The van der Waals surface area contributed by atoms with E-state index in [1.807, 2.05) is 13.8 Å². The quantitative estimate of drug-likeness (QED) is 0.764. The van der Waals surface area contributed by atoms with Gasteiger partial charge in [0.15, 0.2) is 10.9 Å². The van der Waals surface area contributed by atoms with Gasteiger partial charge in [0.1, 0.15) is 12.0 Å². The minimum Gasteiger partial charge on any atom is -0.491 e. The van der Waals surface area contributed by atoms with E-state index in [2.05, 4.69) is 28.2 Å². The van der Waals surface area contributed by atoms with Crippen LogP contribution in [0.5, 0.6) is 5.75 Å². The minimum absolute atomic E-state index is 0.332. The molecule has 0 saturated carbocycles. The molecule has 0 fully saturated rings. The lowest BCUT2D eigenvalue weighted by Crippen LogP contribution is -1.96. The highest BCUT2D eigenvalue weighted by atomic mass is 35.5. The average Bonchev–Trinajstić information content (AvgIpc) is 2.32. The molecular weight excluding hydrogens is 236 g/mol. The van der Waals surface area contributed by atoms with E-state index in [9.17, 15) is 0 Å². The Kier molecular flexibility index (Phi) is 3.29. The SMILES string of the molecule is COc1c(Cl)ncnc1-c1cc(C)ccc1C. The van der Waals surface area contributed by atoms with Gasteiger partial charge in [-0.2, -0.15) is 0 Å². The number of methoxy groups -OCH3 is 1. The molecule has 0 aliphatic carbocycles. The van der Waals surface area contributed by atoms with E-state index in [-0.39, 0.29) is 0 Å². The van der Waals surface area contributed by atoms with Gasteiger partial charge in [0.25, 0.3) is 0 Å². The summed E-state index contributed by atoms with van der Waals surface area (Å²) in [5, 5.41) is 0.332. The van der Waals surface area contributed by atoms with Crippen molar-refractivity contribution in [2.75, 3.05) is 7.11 Å². The van der Waals surface area contributed by atoms with Crippen molar-refractivity contribution >= 4 is 11.6 Å². The Labute approximate surface area is 105 Å². The molecule has 1 aromatic heterocycles. The van der Waals surface area contributed by atoms with E-state index in [4.69, 9.17) is 16.3 Å². The average molecular weight is 249 g/mol. The highest BCUT2D eigenvalue weighted by Gasteiger charge is 2.14. The van der Waals surface area contributed by atoms with Crippen LogP contribution in [0.2, 0.25) is 5.15 Å². The van der Waals surface area contributed by atoms with Crippen LogP contribution >= 0.6 is 11.6 Å². The van der Waals surface area contributed by atoms with E-state index in [1.165, 1.54) is 11.9 Å². The van der Waals surface area contributed by atoms with E-state index in [1.54, 1.807) is 7.11 Å². The molecular formula is C13H13ClN2O. The number of benzene rings is 1.